The molecule has 2 aromatic carbocycles. The molecule has 2 aliphatic rings. The summed E-state index contributed by atoms with van der Waals surface area (Å²) in [6.45, 7) is 2.84. The lowest BCUT2D eigenvalue weighted by Crippen LogP contribution is -2.40. The van der Waals surface area contributed by atoms with Gasteiger partial charge >= 0.3 is 0 Å². The molecule has 3 heterocycles. The van der Waals surface area contributed by atoms with E-state index in [2.05, 4.69) is 15.0 Å². The average molecular weight is 435 g/mol. The Morgan fingerprint density at radius 1 is 1.19 bits per heavy atom. The minimum atomic E-state index is -0.612. The van der Waals surface area contributed by atoms with Crippen molar-refractivity contribution in [2.75, 3.05) is 13.7 Å². The third-order valence-corrected chi connectivity index (χ3v) is 6.14. The van der Waals surface area contributed by atoms with E-state index in [-0.39, 0.29) is 0 Å². The van der Waals surface area contributed by atoms with Gasteiger partial charge < -0.3 is 19.0 Å². The van der Waals surface area contributed by atoms with E-state index in [1.165, 1.54) is 0 Å². The monoisotopic (exact) mass is 434 g/mol. The number of aromatic nitrogens is 2. The number of hydrogen-bond acceptors (Lipinski definition) is 5. The highest BCUT2D eigenvalue weighted by Gasteiger charge is 2.51. The van der Waals surface area contributed by atoms with Crippen molar-refractivity contribution in [1.29, 1.82) is 0 Å². The van der Waals surface area contributed by atoms with E-state index >= 15 is 0 Å². The zero-order valence-electron chi connectivity index (χ0n) is 17.5. The van der Waals surface area contributed by atoms with Gasteiger partial charge in [0.2, 0.25) is 5.72 Å². The first-order chi connectivity index (χ1) is 15.1. The van der Waals surface area contributed by atoms with Crippen LogP contribution in [0.2, 0.25) is 5.02 Å². The highest BCUT2D eigenvalue weighted by atomic mass is 35.5. The minimum absolute atomic E-state index is 0.612. The minimum Gasteiger partial charge on any atom is -0.495 e. The maximum absolute atomic E-state index is 6.49. The first kappa shape index (κ1) is 19.7. The normalized spacial score (nSPS) is 20.1. The van der Waals surface area contributed by atoms with Crippen LogP contribution >= 0.6 is 11.6 Å². The smallest absolute Gasteiger partial charge is 0.238 e. The summed E-state index contributed by atoms with van der Waals surface area (Å²) in [5, 5.41) is 5.09. The van der Waals surface area contributed by atoms with Crippen molar-refractivity contribution in [2.24, 2.45) is 5.16 Å². The van der Waals surface area contributed by atoms with Gasteiger partial charge in [0.1, 0.15) is 5.75 Å². The first-order valence-electron chi connectivity index (χ1n) is 10.3. The quantitative estimate of drug-likeness (QED) is 0.557. The predicted molar refractivity (Wildman–Crippen MR) is 121 cm³/mol. The molecule has 0 amide bonds. The molecular formula is C24H23ClN4O2. The number of hydrogen-bond donors (Lipinski definition) is 0. The van der Waals surface area contributed by atoms with Crippen molar-refractivity contribution < 1.29 is 9.57 Å². The van der Waals surface area contributed by atoms with Crippen LogP contribution in [0.25, 0.3) is 11.8 Å². The number of nitrogens with zero attached hydrogens (tertiary/aromatic N) is 4. The molecule has 0 spiro atoms. The maximum atomic E-state index is 6.49. The fraction of sp³-hybridized carbons (Fsp3) is 0.250. The Kier molecular flexibility index (Phi) is 4.94. The van der Waals surface area contributed by atoms with Gasteiger partial charge in [-0.2, -0.15) is 0 Å². The Bertz CT molecular complexity index is 1190. The summed E-state index contributed by atoms with van der Waals surface area (Å²) < 4.78 is 7.57. The van der Waals surface area contributed by atoms with E-state index in [1.54, 1.807) is 13.4 Å². The van der Waals surface area contributed by atoms with Gasteiger partial charge in [0.25, 0.3) is 0 Å². The molecule has 0 saturated carbocycles. The molecule has 1 saturated heterocycles. The summed E-state index contributed by atoms with van der Waals surface area (Å²) in [5.74, 6) is 1.57. The lowest BCUT2D eigenvalue weighted by atomic mass is 10.00. The Hall–Kier alpha value is -3.25. The van der Waals surface area contributed by atoms with Gasteiger partial charge in [-0.25, -0.2) is 4.98 Å². The number of aryl methyl sites for hydroxylation is 1. The van der Waals surface area contributed by atoms with Crippen molar-refractivity contribution in [2.45, 2.75) is 25.5 Å². The van der Waals surface area contributed by atoms with Crippen LogP contribution in [0.4, 0.5) is 0 Å². The second kappa shape index (κ2) is 7.78. The summed E-state index contributed by atoms with van der Waals surface area (Å²) in [6, 6.07) is 13.9. The number of methoxy groups -OCH3 is 1. The van der Waals surface area contributed by atoms with Crippen LogP contribution < -0.4 is 4.74 Å². The third-order valence-electron chi connectivity index (χ3n) is 5.81. The standard InChI is InChI=1S/C24H23ClN4O2/c1-17-15-28(16-26-17)21-10-8-18(14-22(21)30-2)9-11-23-27-31-24(12-5-13-29(23)24)19-6-3-4-7-20(19)25/h3-4,6-11,14-16H,5,12-13H2,1-2H3. The van der Waals surface area contributed by atoms with Crippen molar-refractivity contribution in [1.82, 2.24) is 14.5 Å². The summed E-state index contributed by atoms with van der Waals surface area (Å²) in [4.78, 5) is 12.5. The van der Waals surface area contributed by atoms with Crippen LogP contribution in [-0.4, -0.2) is 33.9 Å². The second-order valence-corrected chi connectivity index (χ2v) is 8.15. The molecule has 0 radical (unpaired) electrons. The molecule has 5 rings (SSSR count). The molecule has 2 aliphatic heterocycles. The first-order valence-corrected chi connectivity index (χ1v) is 10.6. The zero-order chi connectivity index (χ0) is 21.4. The van der Waals surface area contributed by atoms with Crippen LogP contribution in [0.5, 0.6) is 5.75 Å². The molecule has 7 heteroatoms. The van der Waals surface area contributed by atoms with Gasteiger partial charge in [0, 0.05) is 29.7 Å². The highest BCUT2D eigenvalue weighted by molar-refractivity contribution is 6.31. The Morgan fingerprint density at radius 2 is 2.06 bits per heavy atom. The van der Waals surface area contributed by atoms with Crippen molar-refractivity contribution in [3.8, 4) is 11.4 Å². The van der Waals surface area contributed by atoms with E-state index in [1.807, 2.05) is 72.3 Å². The van der Waals surface area contributed by atoms with Gasteiger partial charge in [0.15, 0.2) is 5.84 Å². The number of fused-ring (bicyclic) bond motifs is 1. The van der Waals surface area contributed by atoms with Crippen LogP contribution in [0.3, 0.4) is 0 Å². The van der Waals surface area contributed by atoms with E-state index in [9.17, 15) is 0 Å². The third kappa shape index (κ3) is 3.37. The fourth-order valence-corrected chi connectivity index (χ4v) is 4.60. The van der Waals surface area contributed by atoms with E-state index in [4.69, 9.17) is 21.2 Å². The van der Waals surface area contributed by atoms with E-state index in [0.29, 0.717) is 5.02 Å². The molecule has 0 N–H and O–H groups in total. The SMILES string of the molecule is COc1cc(C=CC2=NOC3(c4ccccc4Cl)CCCN23)ccc1-n1cnc(C)c1. The molecule has 1 fully saturated rings. The van der Waals surface area contributed by atoms with Crippen LogP contribution in [0.1, 0.15) is 29.7 Å². The van der Waals surface area contributed by atoms with E-state index in [0.717, 1.165) is 53.5 Å². The van der Waals surface area contributed by atoms with Crippen LogP contribution in [0, 0.1) is 6.92 Å². The summed E-state index contributed by atoms with van der Waals surface area (Å²) >= 11 is 6.49. The molecule has 158 valence electrons. The zero-order valence-corrected chi connectivity index (χ0v) is 18.2. The lowest BCUT2D eigenvalue weighted by Gasteiger charge is -2.31. The number of rotatable bonds is 5. The molecule has 31 heavy (non-hydrogen) atoms. The van der Waals surface area contributed by atoms with E-state index < -0.39 is 5.72 Å². The lowest BCUT2D eigenvalue weighted by molar-refractivity contribution is -0.0846. The van der Waals surface area contributed by atoms with Crippen molar-refractivity contribution in [3.63, 3.8) is 0 Å². The second-order valence-electron chi connectivity index (χ2n) is 7.75. The molecule has 0 bridgehead atoms. The average Bonchev–Trinajstić information content (AvgIpc) is 3.48. The van der Waals surface area contributed by atoms with Crippen molar-refractivity contribution >= 4 is 23.5 Å². The summed E-state index contributed by atoms with van der Waals surface area (Å²) in [6.07, 6.45) is 9.64. The van der Waals surface area contributed by atoms with Gasteiger partial charge in [-0.15, -0.1) is 0 Å². The van der Waals surface area contributed by atoms with Crippen LogP contribution in [0.15, 0.2) is 66.2 Å². The Morgan fingerprint density at radius 3 is 2.84 bits per heavy atom. The van der Waals surface area contributed by atoms with Gasteiger partial charge in [-0.05, 0) is 43.2 Å². The number of halogens is 1. The number of oxime groups is 1. The van der Waals surface area contributed by atoms with Gasteiger partial charge in [-0.3, -0.25) is 0 Å². The van der Waals surface area contributed by atoms with Crippen molar-refractivity contribution in [3.05, 3.63) is 82.9 Å². The fourth-order valence-electron chi connectivity index (χ4n) is 4.32. The molecule has 6 nitrogen and oxygen atoms in total. The Labute approximate surface area is 186 Å². The molecule has 1 atom stereocenters. The maximum Gasteiger partial charge on any atom is 0.238 e. The number of ether oxygens (including phenoxy) is 1. The molecule has 3 aromatic rings. The molecule has 1 aromatic heterocycles. The number of amidine groups is 1. The molecule has 0 aliphatic carbocycles. The summed E-state index contributed by atoms with van der Waals surface area (Å²) in [5.41, 5.74) is 3.26. The summed E-state index contributed by atoms with van der Waals surface area (Å²) in [7, 11) is 1.67. The number of imidazole rings is 1. The van der Waals surface area contributed by atoms with Gasteiger partial charge in [0.05, 0.1) is 24.8 Å². The Balaban J connectivity index is 1.41. The molecular weight excluding hydrogens is 412 g/mol. The van der Waals surface area contributed by atoms with Gasteiger partial charge in [-0.1, -0.05) is 47.1 Å². The highest BCUT2D eigenvalue weighted by Crippen LogP contribution is 2.46. The number of benzene rings is 2. The molecule has 1 unspecified atom stereocenters. The predicted octanol–water partition coefficient (Wildman–Crippen LogP) is 5.15. The largest absolute Gasteiger partial charge is 0.495 e. The topological polar surface area (TPSA) is 51.9 Å². The van der Waals surface area contributed by atoms with Crippen LogP contribution in [-0.2, 0) is 10.6 Å².